The summed E-state index contributed by atoms with van der Waals surface area (Å²) in [6, 6.07) is 11.4. The predicted octanol–water partition coefficient (Wildman–Crippen LogP) is 3.55. The SMILES string of the molecule is CCCC(=O)N[C@@H](C)C(=O)NC1N=C(c2ccccc2Cl)c2cc(Cl)ccc2N(C)C1=O. The zero-order chi connectivity index (χ0) is 23.4. The molecule has 3 rings (SSSR count). The molecule has 7 nitrogen and oxygen atoms in total. The molecule has 0 saturated carbocycles. The molecular weight excluding hydrogens is 451 g/mol. The standard InChI is InChI=1S/C23H24Cl2N4O3/c1-4-7-19(30)26-13(2)22(31)28-21-23(32)29(3)18-11-10-14(24)12-16(18)20(27-21)15-8-5-6-9-17(15)25/h5-6,8-13,21H,4,7H2,1-3H3,(H,26,30)(H,28,31)/t13-,21?/m0/s1. The second kappa shape index (κ2) is 10.1. The highest BCUT2D eigenvalue weighted by molar-refractivity contribution is 6.37. The third-order valence-corrected chi connectivity index (χ3v) is 5.62. The first-order chi connectivity index (χ1) is 15.2. The van der Waals surface area contributed by atoms with Crippen molar-refractivity contribution in [1.82, 2.24) is 10.6 Å². The molecule has 3 amide bonds. The molecule has 32 heavy (non-hydrogen) atoms. The van der Waals surface area contributed by atoms with E-state index in [9.17, 15) is 14.4 Å². The monoisotopic (exact) mass is 474 g/mol. The molecule has 0 bridgehead atoms. The minimum Gasteiger partial charge on any atom is -0.345 e. The van der Waals surface area contributed by atoms with E-state index < -0.39 is 24.0 Å². The molecule has 0 aliphatic carbocycles. The largest absolute Gasteiger partial charge is 0.345 e. The zero-order valence-corrected chi connectivity index (χ0v) is 19.5. The average Bonchev–Trinajstić information content (AvgIpc) is 2.84. The molecule has 2 aromatic rings. The number of anilines is 1. The van der Waals surface area contributed by atoms with E-state index in [2.05, 4.69) is 15.6 Å². The number of rotatable bonds is 6. The highest BCUT2D eigenvalue weighted by atomic mass is 35.5. The average molecular weight is 475 g/mol. The van der Waals surface area contributed by atoms with Gasteiger partial charge < -0.3 is 15.5 Å². The minimum absolute atomic E-state index is 0.234. The number of halogens is 2. The molecule has 168 valence electrons. The number of aliphatic imine (C=N–C) groups is 1. The Bertz CT molecular complexity index is 1090. The maximum Gasteiger partial charge on any atom is 0.272 e. The van der Waals surface area contributed by atoms with Crippen LogP contribution in [-0.4, -0.2) is 42.7 Å². The number of carbonyl (C=O) groups excluding carboxylic acids is 3. The molecule has 0 radical (unpaired) electrons. The fourth-order valence-corrected chi connectivity index (χ4v) is 3.77. The summed E-state index contributed by atoms with van der Waals surface area (Å²) in [5.74, 6) is -1.19. The van der Waals surface area contributed by atoms with Gasteiger partial charge in [-0.25, -0.2) is 4.99 Å². The molecule has 0 aromatic heterocycles. The van der Waals surface area contributed by atoms with Crippen LogP contribution in [0, 0.1) is 0 Å². The van der Waals surface area contributed by atoms with E-state index in [0.29, 0.717) is 45.4 Å². The van der Waals surface area contributed by atoms with Gasteiger partial charge in [0.1, 0.15) is 6.04 Å². The van der Waals surface area contributed by atoms with Crippen molar-refractivity contribution in [1.29, 1.82) is 0 Å². The van der Waals surface area contributed by atoms with Crippen LogP contribution in [0.2, 0.25) is 10.0 Å². The lowest BCUT2D eigenvalue weighted by molar-refractivity contribution is -0.130. The summed E-state index contributed by atoms with van der Waals surface area (Å²) in [5, 5.41) is 6.19. The number of carbonyl (C=O) groups is 3. The second-order valence-electron chi connectivity index (χ2n) is 7.47. The fraction of sp³-hybridized carbons (Fsp3) is 0.304. The van der Waals surface area contributed by atoms with Gasteiger partial charge in [-0.15, -0.1) is 0 Å². The topological polar surface area (TPSA) is 90.9 Å². The lowest BCUT2D eigenvalue weighted by atomic mass is 10.00. The Kier molecular flexibility index (Phi) is 7.53. The molecular formula is C23H24Cl2N4O3. The van der Waals surface area contributed by atoms with E-state index >= 15 is 0 Å². The fourth-order valence-electron chi connectivity index (χ4n) is 3.37. The Hall–Kier alpha value is -2.90. The van der Waals surface area contributed by atoms with Crippen molar-refractivity contribution in [2.24, 2.45) is 4.99 Å². The van der Waals surface area contributed by atoms with Gasteiger partial charge in [0.15, 0.2) is 0 Å². The van der Waals surface area contributed by atoms with Gasteiger partial charge in [-0.1, -0.05) is 48.3 Å². The van der Waals surface area contributed by atoms with Crippen molar-refractivity contribution in [2.75, 3.05) is 11.9 Å². The van der Waals surface area contributed by atoms with E-state index in [4.69, 9.17) is 23.2 Å². The molecule has 1 aliphatic rings. The van der Waals surface area contributed by atoms with Gasteiger partial charge in [-0.2, -0.15) is 0 Å². The summed E-state index contributed by atoms with van der Waals surface area (Å²) in [7, 11) is 1.60. The normalized spacial score (nSPS) is 16.5. The Balaban J connectivity index is 2.02. The van der Waals surface area contributed by atoms with Gasteiger partial charge in [-0.05, 0) is 37.6 Å². The van der Waals surface area contributed by atoms with Crippen molar-refractivity contribution >= 4 is 52.3 Å². The van der Waals surface area contributed by atoms with Gasteiger partial charge in [0.2, 0.25) is 18.0 Å². The molecule has 0 saturated heterocycles. The third kappa shape index (κ3) is 5.11. The maximum absolute atomic E-state index is 13.2. The summed E-state index contributed by atoms with van der Waals surface area (Å²) in [6.45, 7) is 3.43. The number of benzodiazepines with no additional fused rings is 1. The first kappa shape index (κ1) is 23.8. The van der Waals surface area contributed by atoms with Gasteiger partial charge in [0.25, 0.3) is 5.91 Å². The smallest absolute Gasteiger partial charge is 0.272 e. The summed E-state index contributed by atoms with van der Waals surface area (Å²) >= 11 is 12.7. The zero-order valence-electron chi connectivity index (χ0n) is 18.0. The highest BCUT2D eigenvalue weighted by Crippen LogP contribution is 2.31. The molecule has 9 heteroatoms. The molecule has 1 heterocycles. The highest BCUT2D eigenvalue weighted by Gasteiger charge is 2.32. The number of hydrogen-bond donors (Lipinski definition) is 2. The molecule has 1 aliphatic heterocycles. The van der Waals surface area contributed by atoms with Gasteiger partial charge in [-0.3, -0.25) is 14.4 Å². The Labute approximate surface area is 196 Å². The molecule has 2 N–H and O–H groups in total. The number of benzene rings is 2. The lowest BCUT2D eigenvalue weighted by Gasteiger charge is -2.22. The molecule has 2 aromatic carbocycles. The number of fused-ring (bicyclic) bond motifs is 1. The molecule has 2 atom stereocenters. The Morgan fingerprint density at radius 2 is 1.88 bits per heavy atom. The summed E-state index contributed by atoms with van der Waals surface area (Å²) < 4.78 is 0. The van der Waals surface area contributed by atoms with Crippen LogP contribution in [-0.2, 0) is 14.4 Å². The molecule has 0 spiro atoms. The van der Waals surface area contributed by atoms with Crippen LogP contribution in [0.1, 0.15) is 37.8 Å². The van der Waals surface area contributed by atoms with Crippen molar-refractivity contribution in [3.05, 3.63) is 63.6 Å². The minimum atomic E-state index is -1.21. The van der Waals surface area contributed by atoms with Crippen LogP contribution < -0.4 is 15.5 Å². The van der Waals surface area contributed by atoms with Crippen molar-refractivity contribution in [2.45, 2.75) is 38.9 Å². The van der Waals surface area contributed by atoms with Crippen molar-refractivity contribution < 1.29 is 14.4 Å². The first-order valence-electron chi connectivity index (χ1n) is 10.2. The van der Waals surface area contributed by atoms with E-state index in [1.165, 1.54) is 4.90 Å². The molecule has 0 fully saturated rings. The summed E-state index contributed by atoms with van der Waals surface area (Å²) in [4.78, 5) is 43.8. The van der Waals surface area contributed by atoms with E-state index in [1.54, 1.807) is 50.4 Å². The van der Waals surface area contributed by atoms with Gasteiger partial charge >= 0.3 is 0 Å². The number of amides is 3. The van der Waals surface area contributed by atoms with Crippen LogP contribution >= 0.6 is 23.2 Å². The van der Waals surface area contributed by atoms with Crippen LogP contribution in [0.4, 0.5) is 5.69 Å². The Morgan fingerprint density at radius 3 is 2.56 bits per heavy atom. The van der Waals surface area contributed by atoms with Crippen LogP contribution in [0.5, 0.6) is 0 Å². The lowest BCUT2D eigenvalue weighted by Crippen LogP contribution is -2.52. The maximum atomic E-state index is 13.2. The van der Waals surface area contributed by atoms with Gasteiger partial charge in [0, 0.05) is 34.6 Å². The van der Waals surface area contributed by atoms with E-state index in [-0.39, 0.29) is 5.91 Å². The molecule has 1 unspecified atom stereocenters. The summed E-state index contributed by atoms with van der Waals surface area (Å²) in [6.07, 6.45) is -0.234. The van der Waals surface area contributed by atoms with Crippen molar-refractivity contribution in [3.8, 4) is 0 Å². The third-order valence-electron chi connectivity index (χ3n) is 5.05. The Morgan fingerprint density at radius 1 is 1.16 bits per heavy atom. The first-order valence-corrected chi connectivity index (χ1v) is 11.0. The van der Waals surface area contributed by atoms with Crippen LogP contribution in [0.3, 0.4) is 0 Å². The second-order valence-corrected chi connectivity index (χ2v) is 8.31. The number of nitrogens with zero attached hydrogens (tertiary/aromatic N) is 2. The summed E-state index contributed by atoms with van der Waals surface area (Å²) in [5.41, 5.74) is 2.23. The van der Waals surface area contributed by atoms with Crippen LogP contribution in [0.15, 0.2) is 47.5 Å². The number of hydrogen-bond acceptors (Lipinski definition) is 4. The van der Waals surface area contributed by atoms with Crippen LogP contribution in [0.25, 0.3) is 0 Å². The van der Waals surface area contributed by atoms with Gasteiger partial charge in [0.05, 0.1) is 11.4 Å². The number of nitrogens with one attached hydrogen (secondary N) is 2. The quantitative estimate of drug-likeness (QED) is 0.670. The predicted molar refractivity (Wildman–Crippen MR) is 126 cm³/mol. The number of likely N-dealkylation sites (N-methyl/N-ethyl adjacent to an activating group) is 1. The van der Waals surface area contributed by atoms with Crippen molar-refractivity contribution in [3.63, 3.8) is 0 Å². The van der Waals surface area contributed by atoms with E-state index in [1.807, 2.05) is 13.0 Å². The van der Waals surface area contributed by atoms with E-state index in [0.717, 1.165) is 0 Å².